The van der Waals surface area contributed by atoms with Crippen molar-refractivity contribution in [2.75, 3.05) is 0 Å². The molecule has 6 heteroatoms. The molecule has 1 atom stereocenters. The molecule has 0 spiro atoms. The second kappa shape index (κ2) is 6.36. The molecular formula is C16H21NO5. The molecule has 6 nitrogen and oxygen atoms in total. The van der Waals surface area contributed by atoms with Gasteiger partial charge in [-0.3, -0.25) is 0 Å². The number of carboxylic acid groups (broad SMARTS) is 1. The Hall–Kier alpha value is -2.08. The zero-order valence-corrected chi connectivity index (χ0v) is 13.0. The molecule has 1 aromatic rings. The van der Waals surface area contributed by atoms with E-state index < -0.39 is 23.7 Å². The van der Waals surface area contributed by atoms with E-state index in [-0.39, 0.29) is 6.42 Å². The summed E-state index contributed by atoms with van der Waals surface area (Å²) in [5.41, 5.74) is 2.28. The van der Waals surface area contributed by atoms with Gasteiger partial charge in [-0.2, -0.15) is 0 Å². The second-order valence-corrected chi connectivity index (χ2v) is 6.29. The van der Waals surface area contributed by atoms with Crippen molar-refractivity contribution in [1.29, 1.82) is 0 Å². The average Bonchev–Trinajstić information content (AvgIpc) is 2.84. The minimum Gasteiger partial charge on any atom is -0.480 e. The van der Waals surface area contributed by atoms with Crippen molar-refractivity contribution < 1.29 is 24.2 Å². The van der Waals surface area contributed by atoms with Gasteiger partial charge in [0.25, 0.3) is 0 Å². The van der Waals surface area contributed by atoms with Gasteiger partial charge in [-0.1, -0.05) is 18.2 Å². The van der Waals surface area contributed by atoms with Crippen molar-refractivity contribution in [3.8, 4) is 0 Å². The molecule has 22 heavy (non-hydrogen) atoms. The Kier molecular flexibility index (Phi) is 4.71. The number of nitrogens with one attached hydrogen (secondary N) is 1. The number of amides is 1. The molecule has 0 saturated carbocycles. The van der Waals surface area contributed by atoms with Crippen LogP contribution >= 0.6 is 0 Å². The van der Waals surface area contributed by atoms with Crippen LogP contribution < -0.4 is 5.32 Å². The molecule has 0 aromatic heterocycles. The molecular weight excluding hydrogens is 286 g/mol. The molecule has 120 valence electrons. The normalized spacial score (nSPS) is 15.0. The van der Waals surface area contributed by atoms with Crippen molar-refractivity contribution >= 4 is 12.1 Å². The van der Waals surface area contributed by atoms with Crippen LogP contribution in [0.25, 0.3) is 0 Å². The number of carbonyl (C=O) groups excluding carboxylic acids is 1. The fourth-order valence-corrected chi connectivity index (χ4v) is 2.33. The molecule has 1 heterocycles. The van der Waals surface area contributed by atoms with Gasteiger partial charge < -0.3 is 19.9 Å². The largest absolute Gasteiger partial charge is 0.480 e. The van der Waals surface area contributed by atoms with Crippen LogP contribution in [0.2, 0.25) is 0 Å². The lowest BCUT2D eigenvalue weighted by atomic mass is 9.97. The van der Waals surface area contributed by atoms with E-state index in [1.807, 2.05) is 18.2 Å². The van der Waals surface area contributed by atoms with Crippen molar-refractivity contribution in [3.05, 3.63) is 34.9 Å². The Balaban J connectivity index is 2.09. The Morgan fingerprint density at radius 2 is 2.09 bits per heavy atom. The van der Waals surface area contributed by atoms with Crippen LogP contribution in [-0.2, 0) is 33.9 Å². The molecule has 0 aliphatic carbocycles. The van der Waals surface area contributed by atoms with E-state index in [9.17, 15) is 14.7 Å². The molecule has 1 aliphatic heterocycles. The molecule has 1 aromatic carbocycles. The van der Waals surface area contributed by atoms with E-state index >= 15 is 0 Å². The first-order valence-electron chi connectivity index (χ1n) is 7.16. The zero-order valence-electron chi connectivity index (χ0n) is 13.0. The summed E-state index contributed by atoms with van der Waals surface area (Å²) in [4.78, 5) is 23.2. The number of hydrogen-bond acceptors (Lipinski definition) is 4. The number of aliphatic carboxylic acids is 1. The van der Waals surface area contributed by atoms with Gasteiger partial charge in [0, 0.05) is 6.42 Å². The maximum absolute atomic E-state index is 11.8. The van der Waals surface area contributed by atoms with Crippen LogP contribution in [0.5, 0.6) is 0 Å². The molecule has 0 unspecified atom stereocenters. The Labute approximate surface area is 129 Å². The monoisotopic (exact) mass is 307 g/mol. The first-order chi connectivity index (χ1) is 10.3. The maximum Gasteiger partial charge on any atom is 0.408 e. The molecule has 0 saturated heterocycles. The summed E-state index contributed by atoms with van der Waals surface area (Å²) in [6.45, 7) is 6.20. The molecule has 1 amide bonds. The predicted molar refractivity (Wildman–Crippen MR) is 79.4 cm³/mol. The van der Waals surface area contributed by atoms with Gasteiger partial charge in [0.05, 0.1) is 13.2 Å². The zero-order chi connectivity index (χ0) is 16.3. The third-order valence-corrected chi connectivity index (χ3v) is 3.29. The van der Waals surface area contributed by atoms with Crippen LogP contribution in [0.4, 0.5) is 4.79 Å². The number of fused-ring (bicyclic) bond motifs is 1. The number of carboxylic acids is 1. The number of alkyl carbamates (subject to hydrolysis) is 1. The highest BCUT2D eigenvalue weighted by molar-refractivity contribution is 5.80. The summed E-state index contributed by atoms with van der Waals surface area (Å²) in [7, 11) is 0. The average molecular weight is 307 g/mol. The van der Waals surface area contributed by atoms with Crippen LogP contribution in [0.15, 0.2) is 18.2 Å². The summed E-state index contributed by atoms with van der Waals surface area (Å²) in [6, 6.07) is 4.65. The van der Waals surface area contributed by atoms with Gasteiger partial charge in [-0.25, -0.2) is 9.59 Å². The van der Waals surface area contributed by atoms with Crippen molar-refractivity contribution in [1.82, 2.24) is 5.32 Å². The number of benzene rings is 1. The predicted octanol–water partition coefficient (Wildman–Crippen LogP) is 2.24. The minimum atomic E-state index is -1.10. The molecule has 2 rings (SSSR count). The fraction of sp³-hybridized carbons (Fsp3) is 0.500. The molecule has 0 bridgehead atoms. The van der Waals surface area contributed by atoms with E-state index in [1.165, 1.54) is 0 Å². The molecule has 0 radical (unpaired) electrons. The smallest absolute Gasteiger partial charge is 0.408 e. The van der Waals surface area contributed by atoms with E-state index in [0.717, 1.165) is 16.7 Å². The van der Waals surface area contributed by atoms with Gasteiger partial charge in [0.1, 0.15) is 11.6 Å². The number of hydrogen-bond donors (Lipinski definition) is 2. The van der Waals surface area contributed by atoms with Gasteiger partial charge in [0.2, 0.25) is 0 Å². The maximum atomic E-state index is 11.8. The lowest BCUT2D eigenvalue weighted by Crippen LogP contribution is -2.44. The Morgan fingerprint density at radius 1 is 1.36 bits per heavy atom. The first kappa shape index (κ1) is 16.3. The van der Waals surface area contributed by atoms with Gasteiger partial charge in [-0.05, 0) is 37.5 Å². The third-order valence-electron chi connectivity index (χ3n) is 3.29. The van der Waals surface area contributed by atoms with E-state index in [0.29, 0.717) is 13.2 Å². The molecule has 2 N–H and O–H groups in total. The van der Waals surface area contributed by atoms with Crippen LogP contribution in [-0.4, -0.2) is 28.8 Å². The summed E-state index contributed by atoms with van der Waals surface area (Å²) >= 11 is 0. The highest BCUT2D eigenvalue weighted by Crippen LogP contribution is 2.24. The lowest BCUT2D eigenvalue weighted by molar-refractivity contribution is -0.139. The van der Waals surface area contributed by atoms with Crippen molar-refractivity contribution in [2.24, 2.45) is 0 Å². The van der Waals surface area contributed by atoms with Crippen LogP contribution in [0.1, 0.15) is 37.5 Å². The van der Waals surface area contributed by atoms with Crippen LogP contribution in [0.3, 0.4) is 0 Å². The summed E-state index contributed by atoms with van der Waals surface area (Å²) < 4.78 is 10.5. The summed E-state index contributed by atoms with van der Waals surface area (Å²) in [5, 5.41) is 11.7. The number of carbonyl (C=O) groups is 2. The van der Waals surface area contributed by atoms with E-state index in [4.69, 9.17) is 9.47 Å². The highest BCUT2D eigenvalue weighted by Gasteiger charge is 2.26. The van der Waals surface area contributed by atoms with Crippen molar-refractivity contribution in [3.63, 3.8) is 0 Å². The lowest BCUT2D eigenvalue weighted by Gasteiger charge is -2.22. The Bertz CT molecular complexity index is 576. The van der Waals surface area contributed by atoms with E-state index in [2.05, 4.69) is 5.32 Å². The first-order valence-corrected chi connectivity index (χ1v) is 7.16. The highest BCUT2D eigenvalue weighted by atomic mass is 16.6. The molecule has 1 aliphatic rings. The van der Waals surface area contributed by atoms with Gasteiger partial charge >= 0.3 is 12.1 Å². The van der Waals surface area contributed by atoms with Crippen molar-refractivity contribution in [2.45, 2.75) is 52.0 Å². The minimum absolute atomic E-state index is 0.196. The Morgan fingerprint density at radius 3 is 2.73 bits per heavy atom. The molecule has 0 fully saturated rings. The number of ether oxygens (including phenoxy) is 2. The van der Waals surface area contributed by atoms with E-state index in [1.54, 1.807) is 20.8 Å². The summed E-state index contributed by atoms with van der Waals surface area (Å²) in [6.07, 6.45) is -0.537. The fourth-order valence-electron chi connectivity index (χ4n) is 2.33. The topological polar surface area (TPSA) is 84.9 Å². The summed E-state index contributed by atoms with van der Waals surface area (Å²) in [5.74, 6) is -1.10. The SMILES string of the molecule is CC(C)(C)OC(=O)N[C@@H](Cc1cccc2c1COC2)C(=O)O. The van der Waals surface area contributed by atoms with Gasteiger partial charge in [0.15, 0.2) is 0 Å². The van der Waals surface area contributed by atoms with Crippen LogP contribution in [0, 0.1) is 0 Å². The quantitative estimate of drug-likeness (QED) is 0.891. The standard InChI is InChI=1S/C16H21NO5/c1-16(2,3)22-15(20)17-13(14(18)19)7-10-5-4-6-11-8-21-9-12(10)11/h4-6,13H,7-9H2,1-3H3,(H,17,20)(H,18,19)/t13-/m0/s1. The second-order valence-electron chi connectivity index (χ2n) is 6.29. The number of rotatable bonds is 4. The third kappa shape index (κ3) is 4.21. The van der Waals surface area contributed by atoms with Gasteiger partial charge in [-0.15, -0.1) is 0 Å².